The molecule has 0 aromatic heterocycles. The highest BCUT2D eigenvalue weighted by atomic mass is 33.1. The zero-order chi connectivity index (χ0) is 26.7. The topological polar surface area (TPSA) is 6.48 Å². The van der Waals surface area contributed by atoms with Crippen LogP contribution in [0.3, 0.4) is 0 Å². The Labute approximate surface area is 252 Å². The van der Waals surface area contributed by atoms with Crippen LogP contribution in [0.5, 0.6) is 0 Å². The summed E-state index contributed by atoms with van der Waals surface area (Å²) in [5.74, 6) is 2.45. The van der Waals surface area contributed by atoms with Gasteiger partial charge in [-0.05, 0) is 60.1 Å². The Kier molecular flexibility index (Phi) is 30.1. The maximum absolute atomic E-state index is 5.70. The van der Waals surface area contributed by atoms with Crippen LogP contribution in [0.1, 0.15) is 130 Å². The normalized spacial score (nSPS) is 11.1. The molecule has 0 amide bonds. The number of rotatable bonds is 25. The Bertz CT molecular complexity index is 446. The third-order valence-electron chi connectivity index (χ3n) is 6.11. The van der Waals surface area contributed by atoms with Crippen LogP contribution in [0.25, 0.3) is 0 Å². The molecule has 8 heteroatoms. The SMILES string of the molecule is CCCCN(CCCC)C(=S)SSCCCCCCCCCCSSC(=S)N(CCCC)CCCC. The summed E-state index contributed by atoms with van der Waals surface area (Å²) in [4.78, 5) is 4.86. The third kappa shape index (κ3) is 23.1. The van der Waals surface area contributed by atoms with Crippen molar-refractivity contribution >= 4 is 76.3 Å². The molecule has 0 fully saturated rings. The van der Waals surface area contributed by atoms with E-state index in [1.807, 2.05) is 43.2 Å². The van der Waals surface area contributed by atoms with E-state index in [-0.39, 0.29) is 0 Å². The Morgan fingerprint density at radius 3 is 1.00 bits per heavy atom. The molecule has 0 bridgehead atoms. The van der Waals surface area contributed by atoms with Crippen LogP contribution in [0.4, 0.5) is 0 Å². The molecule has 0 rings (SSSR count). The minimum absolute atomic E-state index is 1.10. The van der Waals surface area contributed by atoms with Crippen LogP contribution < -0.4 is 0 Å². The molecule has 0 aliphatic heterocycles. The second-order valence-electron chi connectivity index (χ2n) is 9.56. The van der Waals surface area contributed by atoms with Crippen LogP contribution in [0.2, 0.25) is 0 Å². The van der Waals surface area contributed by atoms with Gasteiger partial charge in [0.15, 0.2) is 0 Å². The maximum Gasteiger partial charge on any atom is 0.147 e. The number of thiocarbonyl (C=S) groups is 2. The second kappa shape index (κ2) is 29.2. The average molecular weight is 613 g/mol. The number of nitrogens with zero attached hydrogens (tertiary/aromatic N) is 2. The summed E-state index contributed by atoms with van der Waals surface area (Å²) in [6, 6.07) is 0. The molecule has 0 aromatic carbocycles. The van der Waals surface area contributed by atoms with Crippen LogP contribution in [0.15, 0.2) is 0 Å². The van der Waals surface area contributed by atoms with E-state index < -0.39 is 0 Å². The van der Waals surface area contributed by atoms with E-state index in [2.05, 4.69) is 37.5 Å². The van der Waals surface area contributed by atoms with Crippen LogP contribution in [0, 0.1) is 0 Å². The Morgan fingerprint density at radius 1 is 0.444 bits per heavy atom. The highest BCUT2D eigenvalue weighted by Gasteiger charge is 2.10. The van der Waals surface area contributed by atoms with Crippen molar-refractivity contribution in [3.05, 3.63) is 0 Å². The summed E-state index contributed by atoms with van der Waals surface area (Å²) >= 11 is 11.4. The van der Waals surface area contributed by atoms with Gasteiger partial charge in [-0.2, -0.15) is 0 Å². The van der Waals surface area contributed by atoms with E-state index >= 15 is 0 Å². The van der Waals surface area contributed by atoms with Gasteiger partial charge in [-0.3, -0.25) is 0 Å². The summed E-state index contributed by atoms with van der Waals surface area (Å²) in [7, 11) is 7.60. The van der Waals surface area contributed by atoms with Crippen molar-refractivity contribution < 1.29 is 0 Å². The van der Waals surface area contributed by atoms with Gasteiger partial charge in [0.1, 0.15) is 8.64 Å². The first-order valence-electron chi connectivity index (χ1n) is 14.8. The van der Waals surface area contributed by atoms with Gasteiger partial charge in [-0.15, -0.1) is 0 Å². The fourth-order valence-electron chi connectivity index (χ4n) is 3.66. The Balaban J connectivity index is 3.61. The van der Waals surface area contributed by atoms with Gasteiger partial charge in [-0.25, -0.2) is 0 Å². The largest absolute Gasteiger partial charge is 0.357 e. The van der Waals surface area contributed by atoms with E-state index in [4.69, 9.17) is 24.4 Å². The lowest BCUT2D eigenvalue weighted by atomic mass is 10.1. The summed E-state index contributed by atoms with van der Waals surface area (Å²) in [6.45, 7) is 13.6. The molecule has 0 heterocycles. The minimum Gasteiger partial charge on any atom is -0.357 e. The van der Waals surface area contributed by atoms with E-state index in [1.165, 1.54) is 114 Å². The molecule has 0 aromatic rings. The van der Waals surface area contributed by atoms with Gasteiger partial charge < -0.3 is 9.80 Å². The van der Waals surface area contributed by atoms with Crippen LogP contribution in [-0.2, 0) is 0 Å². The molecule has 0 saturated carbocycles. The van der Waals surface area contributed by atoms with Crippen molar-refractivity contribution in [2.24, 2.45) is 0 Å². The van der Waals surface area contributed by atoms with Gasteiger partial charge in [0.2, 0.25) is 0 Å². The van der Waals surface area contributed by atoms with Gasteiger partial charge in [-0.1, -0.05) is 138 Å². The highest BCUT2D eigenvalue weighted by molar-refractivity contribution is 8.84. The van der Waals surface area contributed by atoms with E-state index in [9.17, 15) is 0 Å². The molecule has 0 saturated heterocycles. The smallest absolute Gasteiger partial charge is 0.147 e. The fourth-order valence-corrected chi connectivity index (χ4v) is 8.92. The van der Waals surface area contributed by atoms with E-state index in [0.717, 1.165) is 34.8 Å². The van der Waals surface area contributed by atoms with Crippen LogP contribution >= 0.6 is 67.6 Å². The van der Waals surface area contributed by atoms with Crippen molar-refractivity contribution in [2.75, 3.05) is 37.7 Å². The van der Waals surface area contributed by atoms with Gasteiger partial charge in [0.05, 0.1) is 0 Å². The van der Waals surface area contributed by atoms with E-state index in [0.29, 0.717) is 0 Å². The zero-order valence-electron chi connectivity index (χ0n) is 23.9. The summed E-state index contributed by atoms with van der Waals surface area (Å²) in [5, 5.41) is 0. The molecule has 0 spiro atoms. The van der Waals surface area contributed by atoms with E-state index in [1.54, 1.807) is 0 Å². The quantitative estimate of drug-likeness (QED) is 0.0563. The molecule has 0 N–H and O–H groups in total. The molecule has 0 unspecified atom stereocenters. The molecule has 0 aliphatic rings. The van der Waals surface area contributed by atoms with Crippen molar-refractivity contribution in [1.29, 1.82) is 0 Å². The molecule has 0 aliphatic carbocycles. The fraction of sp³-hybridized carbons (Fsp3) is 0.929. The molecule has 2 nitrogen and oxygen atoms in total. The summed E-state index contributed by atoms with van der Waals surface area (Å²) in [5.41, 5.74) is 0. The van der Waals surface area contributed by atoms with Gasteiger partial charge in [0, 0.05) is 37.7 Å². The predicted molar refractivity (Wildman–Crippen MR) is 185 cm³/mol. The zero-order valence-corrected chi connectivity index (χ0v) is 28.8. The minimum atomic E-state index is 1.10. The summed E-state index contributed by atoms with van der Waals surface area (Å²) in [6.07, 6.45) is 20.9. The first-order chi connectivity index (χ1) is 17.6. The molecular formula is C28H56N2S6. The Hall–Kier alpha value is 1.18. The first-order valence-corrected chi connectivity index (χ1v) is 20.2. The van der Waals surface area contributed by atoms with Gasteiger partial charge >= 0.3 is 0 Å². The van der Waals surface area contributed by atoms with Crippen LogP contribution in [-0.4, -0.2) is 56.1 Å². The lowest BCUT2D eigenvalue weighted by molar-refractivity contribution is 0.411. The molecule has 0 radical (unpaired) electrons. The number of hydrogen-bond donors (Lipinski definition) is 0. The number of hydrogen-bond acceptors (Lipinski definition) is 6. The average Bonchev–Trinajstić information content (AvgIpc) is 2.88. The van der Waals surface area contributed by atoms with Crippen molar-refractivity contribution in [3.8, 4) is 0 Å². The first kappa shape index (κ1) is 37.2. The van der Waals surface area contributed by atoms with Crippen molar-refractivity contribution in [1.82, 2.24) is 9.80 Å². The monoisotopic (exact) mass is 612 g/mol. The summed E-state index contributed by atoms with van der Waals surface area (Å²) < 4.78 is 2.20. The maximum atomic E-state index is 5.70. The standard InChI is InChI=1S/C28H56N2S6/c1-5-9-21-29(22-10-6-2)27(31)35-33-25-19-17-15-13-14-16-18-20-26-34-36-28(32)30(23-11-7-3)24-12-8-4/h5-26H2,1-4H3. The molecule has 0 atom stereocenters. The molecule has 36 heavy (non-hydrogen) atoms. The lowest BCUT2D eigenvalue weighted by Gasteiger charge is -2.24. The van der Waals surface area contributed by atoms with Crippen molar-refractivity contribution in [3.63, 3.8) is 0 Å². The van der Waals surface area contributed by atoms with Gasteiger partial charge in [0.25, 0.3) is 0 Å². The predicted octanol–water partition coefficient (Wildman–Crippen LogP) is 11.2. The second-order valence-corrected chi connectivity index (χ2v) is 15.7. The third-order valence-corrected chi connectivity index (χ3v) is 12.4. The lowest BCUT2D eigenvalue weighted by Crippen LogP contribution is -2.29. The molecule has 214 valence electrons. The highest BCUT2D eigenvalue weighted by Crippen LogP contribution is 2.28. The molecular weight excluding hydrogens is 557 g/mol. The Morgan fingerprint density at radius 2 is 0.722 bits per heavy atom. The number of unbranched alkanes of at least 4 members (excludes halogenated alkanes) is 11. The van der Waals surface area contributed by atoms with Crippen molar-refractivity contribution in [2.45, 2.75) is 130 Å².